The second kappa shape index (κ2) is 10.7. The van der Waals surface area contributed by atoms with Crippen molar-refractivity contribution in [3.63, 3.8) is 0 Å². The number of hydrogen-bond donors (Lipinski definition) is 2. The number of imidazole rings is 1. The van der Waals surface area contributed by atoms with Crippen molar-refractivity contribution >= 4 is 5.96 Å². The molecule has 2 aromatic rings. The number of nitrogens with one attached hydrogen (secondary N) is 2. The van der Waals surface area contributed by atoms with Crippen LogP contribution in [0.2, 0.25) is 0 Å². The fourth-order valence-electron chi connectivity index (χ4n) is 2.82. The largest absolute Gasteiger partial charge is 0.381 e. The van der Waals surface area contributed by atoms with Gasteiger partial charge >= 0.3 is 0 Å². The van der Waals surface area contributed by atoms with Crippen molar-refractivity contribution in [1.29, 1.82) is 0 Å². The van der Waals surface area contributed by atoms with Gasteiger partial charge < -0.3 is 19.9 Å². The highest BCUT2D eigenvalue weighted by Crippen LogP contribution is 2.28. The molecule has 3 rings (SSSR count). The summed E-state index contributed by atoms with van der Waals surface area (Å²) in [6.45, 7) is 6.87. The predicted octanol–water partition coefficient (Wildman–Crippen LogP) is 2.80. The topological polar surface area (TPSA) is 63.5 Å². The number of benzene rings is 1. The minimum atomic E-state index is 0.549. The van der Waals surface area contributed by atoms with Crippen LogP contribution in [0.5, 0.6) is 0 Å². The Hall–Kier alpha value is -2.34. The molecule has 1 saturated carbocycles. The molecule has 6 nitrogen and oxygen atoms in total. The van der Waals surface area contributed by atoms with Crippen molar-refractivity contribution in [2.45, 2.75) is 39.3 Å². The summed E-state index contributed by atoms with van der Waals surface area (Å²) in [5, 5.41) is 6.67. The molecule has 0 spiro atoms. The first-order chi connectivity index (χ1) is 13.3. The Kier molecular flexibility index (Phi) is 7.71. The van der Waals surface area contributed by atoms with E-state index in [1.54, 1.807) is 0 Å². The van der Waals surface area contributed by atoms with E-state index in [0.717, 1.165) is 57.0 Å². The van der Waals surface area contributed by atoms with Crippen LogP contribution in [0.25, 0.3) is 0 Å². The summed E-state index contributed by atoms with van der Waals surface area (Å²) in [7, 11) is 0. The van der Waals surface area contributed by atoms with Crippen molar-refractivity contribution in [3.05, 3.63) is 54.1 Å². The average molecular weight is 370 g/mol. The van der Waals surface area contributed by atoms with Crippen LogP contribution in [0.4, 0.5) is 0 Å². The van der Waals surface area contributed by atoms with Crippen LogP contribution in [0.1, 0.15) is 37.6 Å². The molecule has 1 aromatic carbocycles. The minimum Gasteiger partial charge on any atom is -0.381 e. The fourth-order valence-corrected chi connectivity index (χ4v) is 2.82. The van der Waals surface area contributed by atoms with E-state index in [9.17, 15) is 0 Å². The monoisotopic (exact) mass is 369 g/mol. The Morgan fingerprint density at radius 2 is 2.11 bits per heavy atom. The van der Waals surface area contributed by atoms with E-state index in [4.69, 9.17) is 4.74 Å². The molecule has 1 heterocycles. The van der Waals surface area contributed by atoms with Gasteiger partial charge in [0.05, 0.1) is 0 Å². The lowest BCUT2D eigenvalue weighted by atomic mass is 10.2. The molecule has 0 atom stereocenters. The number of aliphatic imine (C=N–C) groups is 1. The summed E-state index contributed by atoms with van der Waals surface area (Å²) in [6, 6.07) is 10.4. The summed E-state index contributed by atoms with van der Waals surface area (Å²) < 4.78 is 7.82. The second-order valence-electron chi connectivity index (χ2n) is 6.95. The first kappa shape index (κ1) is 19.4. The van der Waals surface area contributed by atoms with Crippen molar-refractivity contribution < 1.29 is 4.74 Å². The molecule has 0 unspecified atom stereocenters. The van der Waals surface area contributed by atoms with Gasteiger partial charge in [-0.05, 0) is 37.7 Å². The molecule has 1 aliphatic carbocycles. The number of aromatic nitrogens is 2. The van der Waals surface area contributed by atoms with Gasteiger partial charge in [0.1, 0.15) is 12.4 Å². The SMILES string of the molecule is CCNC(=NCc1nccn1Cc1ccccc1)NCCCOCC1CC1. The third-order valence-corrected chi connectivity index (χ3v) is 4.53. The van der Waals surface area contributed by atoms with E-state index in [2.05, 4.69) is 56.4 Å². The fraction of sp³-hybridized carbons (Fsp3) is 0.524. The zero-order valence-corrected chi connectivity index (χ0v) is 16.2. The minimum absolute atomic E-state index is 0.549. The molecule has 146 valence electrons. The standard InChI is InChI=1S/C21H31N5O/c1-2-22-21(24-11-6-14-27-17-19-9-10-19)25-15-20-23-12-13-26(20)16-18-7-4-3-5-8-18/h3-5,7-8,12-13,19H,2,6,9-11,14-17H2,1H3,(H2,22,24,25). The number of guanidine groups is 1. The highest BCUT2D eigenvalue weighted by Gasteiger charge is 2.20. The molecule has 1 aliphatic rings. The Labute approximate surface area is 162 Å². The van der Waals surface area contributed by atoms with Gasteiger partial charge in [0.25, 0.3) is 0 Å². The quantitative estimate of drug-likeness (QED) is 0.363. The molecular weight excluding hydrogens is 338 g/mol. The molecule has 6 heteroatoms. The van der Waals surface area contributed by atoms with Crippen LogP contribution in [0.15, 0.2) is 47.7 Å². The molecule has 1 fully saturated rings. The van der Waals surface area contributed by atoms with Crippen LogP contribution in [0, 0.1) is 5.92 Å². The molecule has 0 amide bonds. The van der Waals surface area contributed by atoms with Gasteiger partial charge in [-0.25, -0.2) is 9.98 Å². The molecule has 0 saturated heterocycles. The molecule has 27 heavy (non-hydrogen) atoms. The number of hydrogen-bond acceptors (Lipinski definition) is 3. The van der Waals surface area contributed by atoms with E-state index in [0.29, 0.717) is 6.54 Å². The van der Waals surface area contributed by atoms with Gasteiger partial charge in [-0.2, -0.15) is 0 Å². The van der Waals surface area contributed by atoms with Crippen molar-refractivity contribution in [2.24, 2.45) is 10.9 Å². The number of rotatable bonds is 11. The van der Waals surface area contributed by atoms with Crippen molar-refractivity contribution in [1.82, 2.24) is 20.2 Å². The molecule has 0 aliphatic heterocycles. The highest BCUT2D eigenvalue weighted by atomic mass is 16.5. The zero-order valence-electron chi connectivity index (χ0n) is 16.2. The molecule has 0 bridgehead atoms. The summed E-state index contributed by atoms with van der Waals surface area (Å²) in [6.07, 6.45) is 7.52. The molecule has 1 aromatic heterocycles. The zero-order chi connectivity index (χ0) is 18.7. The van der Waals surface area contributed by atoms with Crippen LogP contribution >= 0.6 is 0 Å². The van der Waals surface area contributed by atoms with E-state index >= 15 is 0 Å². The van der Waals surface area contributed by atoms with Gasteiger partial charge in [-0.1, -0.05) is 30.3 Å². The summed E-state index contributed by atoms with van der Waals surface area (Å²) in [5.41, 5.74) is 1.26. The third-order valence-electron chi connectivity index (χ3n) is 4.53. The van der Waals surface area contributed by atoms with Gasteiger partial charge in [0.15, 0.2) is 5.96 Å². The van der Waals surface area contributed by atoms with Crippen LogP contribution in [-0.2, 0) is 17.8 Å². The smallest absolute Gasteiger partial charge is 0.191 e. The number of ether oxygens (including phenoxy) is 1. The lowest BCUT2D eigenvalue weighted by Crippen LogP contribution is -2.38. The van der Waals surface area contributed by atoms with Crippen LogP contribution < -0.4 is 10.6 Å². The van der Waals surface area contributed by atoms with Crippen molar-refractivity contribution in [2.75, 3.05) is 26.3 Å². The maximum absolute atomic E-state index is 5.68. The molecule has 2 N–H and O–H groups in total. The van der Waals surface area contributed by atoms with Gasteiger partial charge in [-0.15, -0.1) is 0 Å². The van der Waals surface area contributed by atoms with Gasteiger partial charge in [0, 0.05) is 45.2 Å². The third kappa shape index (κ3) is 7.06. The van der Waals surface area contributed by atoms with E-state index in [-0.39, 0.29) is 0 Å². The number of nitrogens with zero attached hydrogens (tertiary/aromatic N) is 3. The highest BCUT2D eigenvalue weighted by molar-refractivity contribution is 5.79. The first-order valence-electron chi connectivity index (χ1n) is 9.99. The summed E-state index contributed by atoms with van der Waals surface area (Å²) in [5.74, 6) is 2.62. The Morgan fingerprint density at radius 1 is 1.26 bits per heavy atom. The van der Waals surface area contributed by atoms with Gasteiger partial charge in [-0.3, -0.25) is 0 Å². The van der Waals surface area contributed by atoms with E-state index in [1.165, 1.54) is 18.4 Å². The summed E-state index contributed by atoms with van der Waals surface area (Å²) in [4.78, 5) is 9.15. The van der Waals surface area contributed by atoms with Crippen molar-refractivity contribution in [3.8, 4) is 0 Å². The Balaban J connectivity index is 1.45. The lowest BCUT2D eigenvalue weighted by Gasteiger charge is -2.12. The lowest BCUT2D eigenvalue weighted by molar-refractivity contribution is 0.123. The average Bonchev–Trinajstić information content (AvgIpc) is 3.41. The Bertz CT molecular complexity index is 694. The predicted molar refractivity (Wildman–Crippen MR) is 109 cm³/mol. The normalized spacial score (nSPS) is 14.3. The van der Waals surface area contributed by atoms with Gasteiger partial charge in [0.2, 0.25) is 0 Å². The molecule has 0 radical (unpaired) electrons. The van der Waals surface area contributed by atoms with Crippen LogP contribution in [0.3, 0.4) is 0 Å². The maximum atomic E-state index is 5.68. The Morgan fingerprint density at radius 3 is 2.89 bits per heavy atom. The van der Waals surface area contributed by atoms with Crippen LogP contribution in [-0.4, -0.2) is 41.8 Å². The first-order valence-corrected chi connectivity index (χ1v) is 9.99. The molecular formula is C21H31N5O. The van der Waals surface area contributed by atoms with E-state index < -0.39 is 0 Å². The maximum Gasteiger partial charge on any atom is 0.191 e. The van der Waals surface area contributed by atoms with E-state index in [1.807, 2.05) is 18.5 Å². The summed E-state index contributed by atoms with van der Waals surface area (Å²) >= 11 is 0. The second-order valence-corrected chi connectivity index (χ2v) is 6.95.